The number of ether oxygens (including phenoxy) is 2. The number of esters is 1. The van der Waals surface area contributed by atoms with Crippen LogP contribution in [-0.2, 0) is 4.79 Å². The lowest BCUT2D eigenvalue weighted by atomic mass is 10.0. The Bertz CT molecular complexity index is 1010. The van der Waals surface area contributed by atoms with Crippen molar-refractivity contribution >= 4 is 16.9 Å². The fourth-order valence-electron chi connectivity index (χ4n) is 2.68. The molecule has 0 aliphatic carbocycles. The molecule has 6 heteroatoms. The Kier molecular flexibility index (Phi) is 5.02. The van der Waals surface area contributed by atoms with Crippen molar-refractivity contribution in [1.82, 2.24) is 4.98 Å². The monoisotopic (exact) mass is 355 g/mol. The lowest BCUT2D eigenvalue weighted by Crippen LogP contribution is -2.10. The van der Waals surface area contributed by atoms with E-state index in [1.54, 1.807) is 24.3 Å². The van der Waals surface area contributed by atoms with Gasteiger partial charge in [0.2, 0.25) is 0 Å². The number of fused-ring (bicyclic) bond motifs is 1. The van der Waals surface area contributed by atoms with Crippen LogP contribution in [0.25, 0.3) is 22.0 Å². The van der Waals surface area contributed by atoms with Crippen molar-refractivity contribution in [2.24, 2.45) is 0 Å². The van der Waals surface area contributed by atoms with Crippen molar-refractivity contribution in [3.63, 3.8) is 0 Å². The first-order valence-electron chi connectivity index (χ1n) is 8.26. The summed E-state index contributed by atoms with van der Waals surface area (Å²) in [6, 6.07) is 9.19. The Hall–Kier alpha value is -3.15. The molecule has 3 rings (SSSR count). The largest absolute Gasteiger partial charge is 0.491 e. The number of halogens is 1. The van der Waals surface area contributed by atoms with Crippen molar-refractivity contribution in [2.45, 2.75) is 20.3 Å². The number of carbonyl (C=O) groups is 1. The standard InChI is InChI=1S/C20H18FNO4/c1-3-10-25-17-9-8-16(21)18-19(17)22-11-15(20(18)24)13-4-6-14(7-5-13)26-12(2)23/h4-9,11H,3,10H2,1-2H3,(H,22,24). The number of carbonyl (C=O) groups excluding carboxylic acids is 1. The summed E-state index contributed by atoms with van der Waals surface area (Å²) in [5.41, 5.74) is 0.809. The molecule has 3 aromatic rings. The van der Waals surface area contributed by atoms with Gasteiger partial charge < -0.3 is 14.5 Å². The van der Waals surface area contributed by atoms with Crippen LogP contribution in [0.5, 0.6) is 11.5 Å². The second-order valence-electron chi connectivity index (χ2n) is 5.79. The number of H-pyrrole nitrogens is 1. The molecule has 0 fully saturated rings. The summed E-state index contributed by atoms with van der Waals surface area (Å²) >= 11 is 0. The Balaban J connectivity index is 2.08. The molecule has 5 nitrogen and oxygen atoms in total. The number of rotatable bonds is 5. The van der Waals surface area contributed by atoms with Crippen LogP contribution in [0.3, 0.4) is 0 Å². The minimum absolute atomic E-state index is 0.0415. The van der Waals surface area contributed by atoms with Crippen molar-refractivity contribution in [3.8, 4) is 22.6 Å². The molecule has 1 heterocycles. The van der Waals surface area contributed by atoms with E-state index in [0.717, 1.165) is 6.42 Å². The molecule has 0 radical (unpaired) electrons. The van der Waals surface area contributed by atoms with Gasteiger partial charge in [0.05, 0.1) is 17.5 Å². The van der Waals surface area contributed by atoms with Crippen molar-refractivity contribution in [1.29, 1.82) is 0 Å². The zero-order valence-corrected chi connectivity index (χ0v) is 14.5. The van der Waals surface area contributed by atoms with E-state index < -0.39 is 17.2 Å². The van der Waals surface area contributed by atoms with E-state index in [2.05, 4.69) is 4.98 Å². The van der Waals surface area contributed by atoms with E-state index in [-0.39, 0.29) is 5.39 Å². The molecule has 0 amide bonds. The number of aromatic amines is 1. The van der Waals surface area contributed by atoms with Crippen LogP contribution < -0.4 is 14.9 Å². The van der Waals surface area contributed by atoms with Crippen molar-refractivity contribution in [3.05, 3.63) is 58.6 Å². The Morgan fingerprint density at radius 2 is 1.88 bits per heavy atom. The molecular formula is C20H18FNO4. The van der Waals surface area contributed by atoms with Gasteiger partial charge in [-0.3, -0.25) is 9.59 Å². The summed E-state index contributed by atoms with van der Waals surface area (Å²) in [6.07, 6.45) is 2.33. The summed E-state index contributed by atoms with van der Waals surface area (Å²) in [7, 11) is 0. The first-order chi connectivity index (χ1) is 12.5. The highest BCUT2D eigenvalue weighted by Gasteiger charge is 2.15. The van der Waals surface area contributed by atoms with Crippen LogP contribution in [0, 0.1) is 5.82 Å². The molecule has 0 saturated carbocycles. The molecule has 26 heavy (non-hydrogen) atoms. The average Bonchev–Trinajstić information content (AvgIpc) is 2.62. The lowest BCUT2D eigenvalue weighted by molar-refractivity contribution is -0.131. The van der Waals surface area contributed by atoms with E-state index in [9.17, 15) is 14.0 Å². The number of hydrogen-bond donors (Lipinski definition) is 1. The molecule has 0 aliphatic heterocycles. The fourth-order valence-corrected chi connectivity index (χ4v) is 2.68. The number of nitrogens with one attached hydrogen (secondary N) is 1. The van der Waals surface area contributed by atoms with E-state index >= 15 is 0 Å². The summed E-state index contributed by atoms with van der Waals surface area (Å²) < 4.78 is 24.9. The first kappa shape index (κ1) is 17.7. The third-order valence-electron chi connectivity index (χ3n) is 3.84. The van der Waals surface area contributed by atoms with E-state index in [0.29, 0.717) is 34.7 Å². The summed E-state index contributed by atoms with van der Waals surface area (Å²) in [6.45, 7) is 3.75. The van der Waals surface area contributed by atoms with Gasteiger partial charge in [0.1, 0.15) is 17.3 Å². The third kappa shape index (κ3) is 3.44. The molecule has 0 aliphatic rings. The summed E-state index contributed by atoms with van der Waals surface area (Å²) in [5.74, 6) is -0.219. The molecular weight excluding hydrogens is 337 g/mol. The highest BCUT2D eigenvalue weighted by atomic mass is 19.1. The van der Waals surface area contributed by atoms with Gasteiger partial charge in [-0.05, 0) is 36.2 Å². The van der Waals surface area contributed by atoms with Crippen LogP contribution in [-0.4, -0.2) is 17.6 Å². The van der Waals surface area contributed by atoms with E-state index in [1.165, 1.54) is 25.3 Å². The van der Waals surface area contributed by atoms with Gasteiger partial charge in [0.15, 0.2) is 5.43 Å². The highest BCUT2D eigenvalue weighted by Crippen LogP contribution is 2.27. The average molecular weight is 355 g/mol. The van der Waals surface area contributed by atoms with Gasteiger partial charge in [-0.15, -0.1) is 0 Å². The van der Waals surface area contributed by atoms with Crippen LogP contribution >= 0.6 is 0 Å². The minimum atomic E-state index is -0.608. The molecule has 0 spiro atoms. The van der Waals surface area contributed by atoms with E-state index in [4.69, 9.17) is 9.47 Å². The number of pyridine rings is 1. The number of benzene rings is 2. The van der Waals surface area contributed by atoms with Crippen LogP contribution in [0.15, 0.2) is 47.4 Å². The fraction of sp³-hybridized carbons (Fsp3) is 0.200. The maximum absolute atomic E-state index is 14.3. The van der Waals surface area contributed by atoms with Crippen molar-refractivity contribution in [2.75, 3.05) is 6.61 Å². The SMILES string of the molecule is CCCOc1ccc(F)c2c(=O)c(-c3ccc(OC(C)=O)cc3)c[nH]c12. The lowest BCUT2D eigenvalue weighted by Gasteiger charge is -2.10. The second kappa shape index (κ2) is 7.39. The molecule has 0 atom stereocenters. The number of aromatic nitrogens is 1. The molecule has 1 aromatic heterocycles. The van der Waals surface area contributed by atoms with Crippen LogP contribution in [0.4, 0.5) is 4.39 Å². The molecule has 1 N–H and O–H groups in total. The van der Waals surface area contributed by atoms with Gasteiger partial charge >= 0.3 is 5.97 Å². The topological polar surface area (TPSA) is 68.4 Å². The van der Waals surface area contributed by atoms with Crippen LogP contribution in [0.1, 0.15) is 20.3 Å². The summed E-state index contributed by atoms with van der Waals surface area (Å²) in [4.78, 5) is 26.8. The minimum Gasteiger partial charge on any atom is -0.491 e. The van der Waals surface area contributed by atoms with Gasteiger partial charge in [0.25, 0.3) is 0 Å². The van der Waals surface area contributed by atoms with Gasteiger partial charge in [0, 0.05) is 18.7 Å². The number of hydrogen-bond acceptors (Lipinski definition) is 4. The van der Waals surface area contributed by atoms with Gasteiger partial charge in [-0.1, -0.05) is 19.1 Å². The van der Waals surface area contributed by atoms with Gasteiger partial charge in [-0.25, -0.2) is 4.39 Å². The highest BCUT2D eigenvalue weighted by molar-refractivity contribution is 5.88. The molecule has 134 valence electrons. The molecule has 0 saturated heterocycles. The maximum Gasteiger partial charge on any atom is 0.308 e. The smallest absolute Gasteiger partial charge is 0.308 e. The zero-order valence-electron chi connectivity index (χ0n) is 14.5. The Morgan fingerprint density at radius 1 is 1.15 bits per heavy atom. The molecule has 0 unspecified atom stereocenters. The zero-order chi connectivity index (χ0) is 18.7. The normalized spacial score (nSPS) is 10.7. The summed E-state index contributed by atoms with van der Waals surface area (Å²) in [5, 5.41) is -0.0415. The van der Waals surface area contributed by atoms with E-state index in [1.807, 2.05) is 6.92 Å². The predicted molar refractivity (Wildman–Crippen MR) is 97.1 cm³/mol. The first-order valence-corrected chi connectivity index (χ1v) is 8.26. The molecule has 0 bridgehead atoms. The Labute approximate surface area is 149 Å². The van der Waals surface area contributed by atoms with Gasteiger partial charge in [-0.2, -0.15) is 0 Å². The maximum atomic E-state index is 14.3. The predicted octanol–water partition coefficient (Wildman–Crippen LogP) is 4.05. The Morgan fingerprint density at radius 3 is 2.54 bits per heavy atom. The van der Waals surface area contributed by atoms with Crippen molar-refractivity contribution < 1.29 is 18.7 Å². The van der Waals surface area contributed by atoms with Crippen LogP contribution in [0.2, 0.25) is 0 Å². The molecule has 2 aromatic carbocycles. The quantitative estimate of drug-likeness (QED) is 0.554. The second-order valence-corrected chi connectivity index (χ2v) is 5.79. The third-order valence-corrected chi connectivity index (χ3v) is 3.84.